The summed E-state index contributed by atoms with van der Waals surface area (Å²) < 4.78 is 41.0. The van der Waals surface area contributed by atoms with Crippen LogP contribution in [0.1, 0.15) is 5.56 Å². The minimum absolute atomic E-state index is 0.00223. The van der Waals surface area contributed by atoms with Gasteiger partial charge in [-0.05, 0) is 42.8 Å². The Hall–Kier alpha value is -1.11. The largest absolute Gasteiger partial charge is 0.275 e. The second kappa shape index (κ2) is 5.71. The van der Waals surface area contributed by atoms with E-state index in [1.807, 2.05) is 0 Å². The molecular weight excluding hydrogens is 369 g/mol. The fourth-order valence-corrected chi connectivity index (χ4v) is 3.26. The maximum Gasteiger partial charge on any atom is 0.262 e. The van der Waals surface area contributed by atoms with Gasteiger partial charge in [0.1, 0.15) is 11.5 Å². The Balaban J connectivity index is 2.43. The van der Waals surface area contributed by atoms with Crippen LogP contribution in [0.25, 0.3) is 0 Å². The predicted octanol–water partition coefficient (Wildman–Crippen LogP) is 4.35. The van der Waals surface area contributed by atoms with Crippen molar-refractivity contribution in [1.82, 2.24) is 0 Å². The van der Waals surface area contributed by atoms with Crippen LogP contribution in [0.4, 0.5) is 10.1 Å². The SMILES string of the molecule is Cc1cc(S(=O)(=O)Nc2c(F)cccc2Cl)ccc1Br. The first kappa shape index (κ1) is 15.3. The van der Waals surface area contributed by atoms with Crippen LogP contribution in [-0.4, -0.2) is 8.42 Å². The monoisotopic (exact) mass is 377 g/mol. The van der Waals surface area contributed by atoms with Crippen LogP contribution in [0.15, 0.2) is 45.8 Å². The van der Waals surface area contributed by atoms with Crippen molar-refractivity contribution >= 4 is 43.2 Å². The number of hydrogen-bond acceptors (Lipinski definition) is 2. The van der Waals surface area contributed by atoms with Gasteiger partial charge in [0.25, 0.3) is 10.0 Å². The molecule has 0 spiro atoms. The molecule has 0 aliphatic rings. The first-order valence-corrected chi connectivity index (χ1v) is 8.19. The lowest BCUT2D eigenvalue weighted by Gasteiger charge is -2.11. The highest BCUT2D eigenvalue weighted by atomic mass is 79.9. The van der Waals surface area contributed by atoms with E-state index in [0.717, 1.165) is 16.1 Å². The molecule has 2 aromatic rings. The van der Waals surface area contributed by atoms with Crippen LogP contribution in [-0.2, 0) is 10.0 Å². The number of benzene rings is 2. The molecule has 1 N–H and O–H groups in total. The summed E-state index contributed by atoms with van der Waals surface area (Å²) in [7, 11) is -3.89. The summed E-state index contributed by atoms with van der Waals surface area (Å²) in [6.07, 6.45) is 0. The van der Waals surface area contributed by atoms with Gasteiger partial charge in [0.15, 0.2) is 0 Å². The third-order valence-electron chi connectivity index (χ3n) is 2.64. The number of halogens is 3. The van der Waals surface area contributed by atoms with Gasteiger partial charge in [-0.1, -0.05) is 33.6 Å². The van der Waals surface area contributed by atoms with Gasteiger partial charge in [0.2, 0.25) is 0 Å². The highest BCUT2D eigenvalue weighted by Gasteiger charge is 2.18. The molecule has 0 aromatic heterocycles. The van der Waals surface area contributed by atoms with Crippen molar-refractivity contribution in [2.45, 2.75) is 11.8 Å². The minimum Gasteiger partial charge on any atom is -0.275 e. The third-order valence-corrected chi connectivity index (χ3v) is 5.19. The van der Waals surface area contributed by atoms with Crippen LogP contribution in [0, 0.1) is 12.7 Å². The molecular formula is C13H10BrClFNO2S. The van der Waals surface area contributed by atoms with Crippen molar-refractivity contribution < 1.29 is 12.8 Å². The summed E-state index contributed by atoms with van der Waals surface area (Å²) in [4.78, 5) is 0.0394. The van der Waals surface area contributed by atoms with E-state index in [0.29, 0.717) is 0 Å². The maximum atomic E-state index is 13.6. The molecule has 0 unspecified atom stereocenters. The molecule has 0 fully saturated rings. The van der Waals surface area contributed by atoms with Gasteiger partial charge in [-0.15, -0.1) is 0 Å². The molecule has 0 radical (unpaired) electrons. The van der Waals surface area contributed by atoms with Crippen molar-refractivity contribution in [1.29, 1.82) is 0 Å². The minimum atomic E-state index is -3.89. The molecule has 0 atom stereocenters. The Morgan fingerprint density at radius 2 is 1.95 bits per heavy atom. The molecule has 0 saturated carbocycles. The second-order valence-electron chi connectivity index (χ2n) is 4.11. The summed E-state index contributed by atoms with van der Waals surface area (Å²) in [6, 6.07) is 8.48. The number of hydrogen-bond donors (Lipinski definition) is 1. The van der Waals surface area contributed by atoms with E-state index in [1.165, 1.54) is 24.3 Å². The Morgan fingerprint density at radius 1 is 1.25 bits per heavy atom. The van der Waals surface area contributed by atoms with E-state index in [-0.39, 0.29) is 15.6 Å². The number of aryl methyl sites for hydroxylation is 1. The first-order chi connectivity index (χ1) is 9.31. The van der Waals surface area contributed by atoms with Gasteiger partial charge < -0.3 is 0 Å². The maximum absolute atomic E-state index is 13.6. The summed E-state index contributed by atoms with van der Waals surface area (Å²) in [5.74, 6) is -0.727. The van der Waals surface area contributed by atoms with E-state index >= 15 is 0 Å². The van der Waals surface area contributed by atoms with E-state index in [1.54, 1.807) is 13.0 Å². The molecule has 0 amide bonds. The Morgan fingerprint density at radius 3 is 2.55 bits per heavy atom. The lowest BCUT2D eigenvalue weighted by Crippen LogP contribution is -2.14. The lowest BCUT2D eigenvalue weighted by atomic mass is 10.2. The zero-order chi connectivity index (χ0) is 14.9. The van der Waals surface area contributed by atoms with Crippen molar-refractivity contribution in [2.75, 3.05) is 4.72 Å². The van der Waals surface area contributed by atoms with Crippen molar-refractivity contribution in [3.63, 3.8) is 0 Å². The molecule has 0 bridgehead atoms. The van der Waals surface area contributed by atoms with E-state index < -0.39 is 15.8 Å². The van der Waals surface area contributed by atoms with Crippen LogP contribution >= 0.6 is 27.5 Å². The van der Waals surface area contributed by atoms with Crippen LogP contribution in [0.2, 0.25) is 5.02 Å². The number of para-hydroxylation sites is 1. The van der Waals surface area contributed by atoms with Crippen molar-refractivity contribution in [3.05, 3.63) is 57.3 Å². The first-order valence-electron chi connectivity index (χ1n) is 5.54. The standard InChI is InChI=1S/C13H10BrClFNO2S/c1-8-7-9(5-6-10(8)14)20(18,19)17-13-11(15)3-2-4-12(13)16/h2-7,17H,1H3. The quantitative estimate of drug-likeness (QED) is 0.863. The Labute approximate surface area is 130 Å². The van der Waals surface area contributed by atoms with Gasteiger partial charge >= 0.3 is 0 Å². The Kier molecular flexibility index (Phi) is 4.36. The van der Waals surface area contributed by atoms with Crippen molar-refractivity contribution in [2.24, 2.45) is 0 Å². The molecule has 2 aromatic carbocycles. The number of anilines is 1. The smallest absolute Gasteiger partial charge is 0.262 e. The van der Waals surface area contributed by atoms with E-state index in [2.05, 4.69) is 20.7 Å². The van der Waals surface area contributed by atoms with Gasteiger partial charge in [-0.25, -0.2) is 12.8 Å². The molecule has 20 heavy (non-hydrogen) atoms. The normalized spacial score (nSPS) is 11.4. The van der Waals surface area contributed by atoms with Crippen molar-refractivity contribution in [3.8, 4) is 0 Å². The number of sulfonamides is 1. The molecule has 7 heteroatoms. The molecule has 0 aliphatic heterocycles. The van der Waals surface area contributed by atoms with Crippen LogP contribution in [0.5, 0.6) is 0 Å². The number of rotatable bonds is 3. The predicted molar refractivity (Wildman–Crippen MR) is 81.1 cm³/mol. The summed E-state index contributed by atoms with van der Waals surface area (Å²) in [5.41, 5.74) is 0.502. The highest BCUT2D eigenvalue weighted by molar-refractivity contribution is 9.10. The van der Waals surface area contributed by atoms with Gasteiger partial charge in [0.05, 0.1) is 9.92 Å². The third kappa shape index (κ3) is 3.13. The summed E-state index contributed by atoms with van der Waals surface area (Å²) >= 11 is 9.09. The number of nitrogens with one attached hydrogen (secondary N) is 1. The molecule has 2 rings (SSSR count). The summed E-state index contributed by atoms with van der Waals surface area (Å²) in [6.45, 7) is 1.76. The molecule has 106 valence electrons. The molecule has 0 heterocycles. The zero-order valence-electron chi connectivity index (χ0n) is 10.3. The lowest BCUT2D eigenvalue weighted by molar-refractivity contribution is 0.598. The zero-order valence-corrected chi connectivity index (χ0v) is 13.5. The second-order valence-corrected chi connectivity index (χ2v) is 7.06. The van der Waals surface area contributed by atoms with E-state index in [4.69, 9.17) is 11.6 Å². The van der Waals surface area contributed by atoms with Crippen LogP contribution < -0.4 is 4.72 Å². The molecule has 0 saturated heterocycles. The Bertz CT molecular complexity index is 745. The van der Waals surface area contributed by atoms with Gasteiger partial charge in [-0.2, -0.15) is 0 Å². The fraction of sp³-hybridized carbons (Fsp3) is 0.0769. The topological polar surface area (TPSA) is 46.2 Å². The highest BCUT2D eigenvalue weighted by Crippen LogP contribution is 2.28. The van der Waals surface area contributed by atoms with Gasteiger partial charge in [0, 0.05) is 4.47 Å². The molecule has 3 nitrogen and oxygen atoms in total. The summed E-state index contributed by atoms with van der Waals surface area (Å²) in [5, 5.41) is 0.00223. The average molecular weight is 379 g/mol. The van der Waals surface area contributed by atoms with Crippen LogP contribution in [0.3, 0.4) is 0 Å². The average Bonchev–Trinajstić information content (AvgIpc) is 2.37. The van der Waals surface area contributed by atoms with Gasteiger partial charge in [-0.3, -0.25) is 4.72 Å². The van der Waals surface area contributed by atoms with E-state index in [9.17, 15) is 12.8 Å². The fourth-order valence-electron chi connectivity index (χ4n) is 1.57. The molecule has 0 aliphatic carbocycles.